The van der Waals surface area contributed by atoms with Crippen LogP contribution < -0.4 is 0 Å². The first-order chi connectivity index (χ1) is 31.1. The van der Waals surface area contributed by atoms with E-state index in [1.807, 2.05) is 12.4 Å². The molecule has 2 aromatic carbocycles. The van der Waals surface area contributed by atoms with Crippen LogP contribution in [0, 0.1) is 76.4 Å². The minimum absolute atomic E-state index is 0.738. The van der Waals surface area contributed by atoms with Gasteiger partial charge in [-0.15, -0.1) is 0 Å². The summed E-state index contributed by atoms with van der Waals surface area (Å²) in [6.07, 6.45) is 30.3. The summed E-state index contributed by atoms with van der Waals surface area (Å²) < 4.78 is 0. The zero-order chi connectivity index (χ0) is 47.2. The minimum Gasteiger partial charge on any atom is -0.299 e. The molecule has 7 aliphatic rings. The highest BCUT2D eigenvalue weighted by Gasteiger charge is 2.51. The van der Waals surface area contributed by atoms with Crippen LogP contribution in [0.25, 0.3) is 0 Å². The molecular formula is C63H104N2. The fraction of sp³-hybridized carbons (Fsp3) is 0.730. The average Bonchev–Trinajstić information content (AvgIpc) is 4.09. The predicted molar refractivity (Wildman–Crippen MR) is 286 cm³/mol. The molecule has 1 aliphatic heterocycles. The van der Waals surface area contributed by atoms with Crippen molar-refractivity contribution in [2.75, 3.05) is 13.1 Å². The maximum absolute atomic E-state index is 3.95. The topological polar surface area (TPSA) is 16.1 Å². The van der Waals surface area contributed by atoms with E-state index in [1.165, 1.54) is 100 Å². The number of likely N-dealkylation sites (tertiary alicyclic amines) is 1. The Morgan fingerprint density at radius 1 is 0.492 bits per heavy atom. The zero-order valence-electron chi connectivity index (χ0n) is 44.8. The van der Waals surface area contributed by atoms with Crippen LogP contribution in [0.4, 0.5) is 0 Å². The predicted octanol–water partition coefficient (Wildman–Crippen LogP) is 18.2. The molecule has 0 amide bonds. The van der Waals surface area contributed by atoms with E-state index in [2.05, 4.69) is 166 Å². The first-order valence-corrected chi connectivity index (χ1v) is 27.8. The lowest BCUT2D eigenvalue weighted by Gasteiger charge is -2.58. The molecule has 3 aromatic rings. The zero-order valence-corrected chi connectivity index (χ0v) is 44.8. The standard InChI is InChI=1S/C15H23N.C13H22.C10H14.C9H13N.C9H18.C7H14/c1-13(2)15-8-10-16(11-9-15)12-14-6-4-3-5-7-14;1-9(2)13-6-10-3-11(7-13)5-12(4-10)8-13;1-9(2)8-10-6-4-3-5-7-10;1-8(2)7-9-3-5-10-6-4-9;1-8(2)9-6-4-3-5-7-9;1-6(2)5-7-3-4-7/h3-7,13,15H,8-12H2,1-2H3;9-12H,3-8H2,1-2H3;3-7,9H,8H2,1-2H3;3-6,8H,7H2,1-2H3;8-9H,3-7H2,1-2H3;6-7H,3-5H2,1-2H3. The Morgan fingerprint density at radius 3 is 1.29 bits per heavy atom. The fourth-order valence-electron chi connectivity index (χ4n) is 12.4. The van der Waals surface area contributed by atoms with Crippen molar-refractivity contribution >= 4 is 0 Å². The lowest BCUT2D eigenvalue weighted by atomic mass is 9.47. The summed E-state index contributed by atoms with van der Waals surface area (Å²) in [6.45, 7) is 31.6. The molecule has 0 atom stereocenters. The van der Waals surface area contributed by atoms with Crippen LogP contribution in [0.3, 0.4) is 0 Å². The molecule has 1 aromatic heterocycles. The fourth-order valence-corrected chi connectivity index (χ4v) is 12.4. The van der Waals surface area contributed by atoms with Crippen LogP contribution in [-0.2, 0) is 19.4 Å². The van der Waals surface area contributed by atoms with Gasteiger partial charge in [0.25, 0.3) is 0 Å². The summed E-state index contributed by atoms with van der Waals surface area (Å²) in [5.74, 6) is 11.7. The molecule has 2 nitrogen and oxygen atoms in total. The number of nitrogens with zero attached hydrogens (tertiary/aromatic N) is 2. The Morgan fingerprint density at radius 2 is 0.923 bits per heavy atom. The highest BCUT2D eigenvalue weighted by Crippen LogP contribution is 2.62. The van der Waals surface area contributed by atoms with Crippen molar-refractivity contribution in [2.45, 2.75) is 205 Å². The number of rotatable bonds is 11. The van der Waals surface area contributed by atoms with Crippen LogP contribution in [0.2, 0.25) is 0 Å². The summed E-state index contributed by atoms with van der Waals surface area (Å²) in [5, 5.41) is 0. The number of hydrogen-bond acceptors (Lipinski definition) is 2. The Labute approximate surface area is 404 Å². The van der Waals surface area contributed by atoms with Crippen LogP contribution in [-0.4, -0.2) is 23.0 Å². The van der Waals surface area contributed by atoms with E-state index in [1.54, 1.807) is 38.5 Å². The van der Waals surface area contributed by atoms with Crippen LogP contribution in [0.15, 0.2) is 85.2 Å². The maximum Gasteiger partial charge on any atom is 0.0270 e. The van der Waals surface area contributed by atoms with Gasteiger partial charge in [-0.3, -0.25) is 9.88 Å². The van der Waals surface area contributed by atoms with Crippen molar-refractivity contribution in [3.8, 4) is 0 Å². The smallest absolute Gasteiger partial charge is 0.0270 e. The highest BCUT2D eigenvalue weighted by molar-refractivity contribution is 5.15. The Balaban J connectivity index is 0.000000174. The summed E-state index contributed by atoms with van der Waals surface area (Å²) in [5.41, 5.74) is 5.07. The van der Waals surface area contributed by atoms with Crippen molar-refractivity contribution in [3.63, 3.8) is 0 Å². The van der Waals surface area contributed by atoms with Gasteiger partial charge < -0.3 is 0 Å². The van der Waals surface area contributed by atoms with Gasteiger partial charge in [0.15, 0.2) is 0 Å². The lowest BCUT2D eigenvalue weighted by molar-refractivity contribution is -0.0789. The third kappa shape index (κ3) is 22.0. The molecule has 0 radical (unpaired) electrons. The van der Waals surface area contributed by atoms with E-state index in [-0.39, 0.29) is 0 Å². The van der Waals surface area contributed by atoms with Gasteiger partial charge in [-0.1, -0.05) is 189 Å². The van der Waals surface area contributed by atoms with Crippen LogP contribution in [0.5, 0.6) is 0 Å². The first kappa shape index (κ1) is 55.1. The van der Waals surface area contributed by atoms with Gasteiger partial charge in [0.1, 0.15) is 0 Å². The second-order valence-corrected chi connectivity index (χ2v) is 24.5. The minimum atomic E-state index is 0.738. The van der Waals surface area contributed by atoms with Gasteiger partial charge >= 0.3 is 0 Å². The summed E-state index contributed by atoms with van der Waals surface area (Å²) in [4.78, 5) is 6.54. The van der Waals surface area contributed by atoms with Gasteiger partial charge in [-0.2, -0.15) is 0 Å². The first-order valence-electron chi connectivity index (χ1n) is 27.8. The Hall–Kier alpha value is -2.45. The van der Waals surface area contributed by atoms with Gasteiger partial charge in [0.2, 0.25) is 0 Å². The lowest BCUT2D eigenvalue weighted by Crippen LogP contribution is -2.48. The molecule has 0 N–H and O–H groups in total. The average molecular weight is 890 g/mol. The molecule has 0 spiro atoms. The molecule has 2 heterocycles. The molecule has 65 heavy (non-hydrogen) atoms. The highest BCUT2D eigenvalue weighted by atomic mass is 15.1. The monoisotopic (exact) mass is 889 g/mol. The van der Waals surface area contributed by atoms with Crippen molar-refractivity contribution in [1.29, 1.82) is 0 Å². The molecule has 10 rings (SSSR count). The largest absolute Gasteiger partial charge is 0.299 e. The quantitative estimate of drug-likeness (QED) is 0.191. The van der Waals surface area contributed by atoms with Gasteiger partial charge in [0.05, 0.1) is 0 Å². The van der Waals surface area contributed by atoms with Crippen molar-refractivity contribution in [1.82, 2.24) is 9.88 Å². The molecule has 366 valence electrons. The van der Waals surface area contributed by atoms with Gasteiger partial charge in [-0.25, -0.2) is 0 Å². The van der Waals surface area contributed by atoms with E-state index in [4.69, 9.17) is 0 Å². The molecule has 2 heteroatoms. The van der Waals surface area contributed by atoms with E-state index in [0.717, 1.165) is 89.4 Å². The number of piperidine rings is 1. The van der Waals surface area contributed by atoms with Crippen molar-refractivity contribution in [2.24, 2.45) is 76.4 Å². The molecule has 7 fully saturated rings. The van der Waals surface area contributed by atoms with E-state index in [0.29, 0.717) is 0 Å². The van der Waals surface area contributed by atoms with E-state index < -0.39 is 0 Å². The molecule has 1 saturated heterocycles. The third-order valence-corrected chi connectivity index (χ3v) is 16.1. The maximum atomic E-state index is 3.95. The summed E-state index contributed by atoms with van der Waals surface area (Å²) >= 11 is 0. The van der Waals surface area contributed by atoms with Crippen LogP contribution >= 0.6 is 0 Å². The SMILES string of the molecule is CC(C)C12CC3CC(CC(C3)C1)C2.CC(C)C1CCCCC1.CC(C)C1CCN(Cc2ccccc2)CC1.CC(C)CC1CC1.CC(C)Cc1ccccc1.CC(C)Cc1ccncc1. The van der Waals surface area contributed by atoms with E-state index >= 15 is 0 Å². The summed E-state index contributed by atoms with van der Waals surface area (Å²) in [7, 11) is 0. The second kappa shape index (κ2) is 29.4. The van der Waals surface area contributed by atoms with E-state index in [9.17, 15) is 0 Å². The van der Waals surface area contributed by atoms with Crippen molar-refractivity contribution in [3.05, 3.63) is 102 Å². The molecule has 0 unspecified atom stereocenters. The molecule has 6 saturated carbocycles. The van der Waals surface area contributed by atoms with Crippen molar-refractivity contribution < 1.29 is 0 Å². The van der Waals surface area contributed by atoms with Gasteiger partial charge in [-0.05, 0) is 189 Å². The second-order valence-electron chi connectivity index (χ2n) is 24.5. The van der Waals surface area contributed by atoms with Gasteiger partial charge in [0, 0.05) is 18.9 Å². The summed E-state index contributed by atoms with van der Waals surface area (Å²) in [6, 6.07) is 25.6. The molecule has 4 bridgehead atoms. The number of benzene rings is 2. The third-order valence-electron chi connectivity index (χ3n) is 16.1. The Bertz CT molecular complexity index is 1510. The van der Waals surface area contributed by atoms with Crippen LogP contribution in [0.1, 0.15) is 203 Å². The number of hydrogen-bond donors (Lipinski definition) is 0. The molecular weight excluding hydrogens is 785 g/mol. The normalized spacial score (nSPS) is 24.0. The number of pyridine rings is 1. The number of aromatic nitrogens is 1. The Kier molecular flexibility index (Phi) is 25.0. The molecule has 6 aliphatic carbocycles.